The molecule has 74 valence electrons. The van der Waals surface area contributed by atoms with Crippen LogP contribution in [0.2, 0.25) is 0 Å². The molecule has 0 atom stereocenters. The second-order valence-corrected chi connectivity index (χ2v) is 3.19. The molecule has 0 radical (unpaired) electrons. The third-order valence-electron chi connectivity index (χ3n) is 1.66. The molecule has 0 aromatic heterocycles. The van der Waals surface area contributed by atoms with Gasteiger partial charge in [0, 0.05) is 0 Å². The molecule has 0 saturated heterocycles. The van der Waals surface area contributed by atoms with Crippen molar-refractivity contribution in [2.75, 3.05) is 13.7 Å². The number of hydrogen-bond acceptors (Lipinski definition) is 2. The molecule has 1 rings (SSSR count). The summed E-state index contributed by atoms with van der Waals surface area (Å²) in [6.45, 7) is 4.09. The van der Waals surface area contributed by atoms with Crippen molar-refractivity contribution < 1.29 is 25.3 Å². The fourth-order valence-electron chi connectivity index (χ4n) is 0.945. The van der Waals surface area contributed by atoms with E-state index in [2.05, 4.69) is 22.4 Å². The molecule has 0 aliphatic rings. The van der Waals surface area contributed by atoms with E-state index in [1.54, 1.807) is 13.2 Å². The van der Waals surface area contributed by atoms with Gasteiger partial charge in [0.2, 0.25) is 0 Å². The number of methoxy groups -OCH3 is 1. The van der Waals surface area contributed by atoms with Gasteiger partial charge in [-0.15, -0.1) is 0 Å². The van der Waals surface area contributed by atoms with Gasteiger partial charge in [-0.3, -0.25) is 0 Å². The van der Waals surface area contributed by atoms with Crippen LogP contribution in [0, 0.1) is 0 Å². The Labute approximate surface area is 92.1 Å². The Bertz CT molecular complexity index is 317. The van der Waals surface area contributed by atoms with Gasteiger partial charge >= 0.3 is 91.8 Å². The van der Waals surface area contributed by atoms with E-state index in [1.807, 2.05) is 24.3 Å². The number of ether oxygens (including phenoxy) is 2. The molecule has 1 aromatic carbocycles. The molecular weight excluding hydrogens is 216 g/mol. The van der Waals surface area contributed by atoms with Crippen molar-refractivity contribution >= 4 is 4.57 Å². The minimum absolute atomic E-state index is 0.508. The van der Waals surface area contributed by atoms with Crippen LogP contribution in [0.5, 0.6) is 5.75 Å². The van der Waals surface area contributed by atoms with Gasteiger partial charge in [0.05, 0.1) is 0 Å². The van der Waals surface area contributed by atoms with E-state index >= 15 is 0 Å². The zero-order valence-corrected chi connectivity index (χ0v) is 9.30. The first-order valence-electron chi connectivity index (χ1n) is 4.20. The molecule has 0 amide bonds. The Morgan fingerprint density at radius 1 is 1.43 bits per heavy atom. The average Bonchev–Trinajstić information content (AvgIpc) is 2.26. The van der Waals surface area contributed by atoms with Crippen molar-refractivity contribution in [2.45, 2.75) is 0 Å². The van der Waals surface area contributed by atoms with E-state index in [-0.39, 0.29) is 0 Å². The molecule has 3 heteroatoms. The van der Waals surface area contributed by atoms with Crippen molar-refractivity contribution in [3.63, 3.8) is 0 Å². The van der Waals surface area contributed by atoms with E-state index in [1.165, 1.54) is 0 Å². The first-order valence-corrected chi connectivity index (χ1v) is 4.83. The van der Waals surface area contributed by atoms with Crippen LogP contribution in [-0.2, 0) is 20.6 Å². The summed E-state index contributed by atoms with van der Waals surface area (Å²) >= 11 is 2.87. The summed E-state index contributed by atoms with van der Waals surface area (Å²) in [4.78, 5) is 0. The molecule has 14 heavy (non-hydrogen) atoms. The van der Waals surface area contributed by atoms with Crippen LogP contribution in [0.3, 0.4) is 0 Å². The summed E-state index contributed by atoms with van der Waals surface area (Å²) in [5.74, 6) is 0.838. The Hall–Kier alpha value is -0.878. The molecule has 0 fully saturated rings. The van der Waals surface area contributed by atoms with Crippen molar-refractivity contribution in [3.8, 4) is 5.75 Å². The van der Waals surface area contributed by atoms with Crippen molar-refractivity contribution in [1.82, 2.24) is 0 Å². The SMILES string of the molecule is C=CCO[C](=[Cr])c1ccc(OC)cc1. The van der Waals surface area contributed by atoms with Gasteiger partial charge < -0.3 is 0 Å². The van der Waals surface area contributed by atoms with Crippen LogP contribution in [0.1, 0.15) is 5.56 Å². The van der Waals surface area contributed by atoms with Gasteiger partial charge in [0.25, 0.3) is 0 Å². The molecule has 0 N–H and O–H groups in total. The summed E-state index contributed by atoms with van der Waals surface area (Å²) in [6.07, 6.45) is 1.71. The molecule has 0 aliphatic heterocycles. The first kappa shape index (κ1) is 11.2. The summed E-state index contributed by atoms with van der Waals surface area (Å²) in [7, 11) is 1.64. The maximum atomic E-state index is 5.35. The van der Waals surface area contributed by atoms with Crippen LogP contribution >= 0.6 is 0 Å². The molecule has 0 bridgehead atoms. The zero-order chi connectivity index (χ0) is 10.4. The summed E-state index contributed by atoms with van der Waals surface area (Å²) in [6, 6.07) is 7.66. The fourth-order valence-corrected chi connectivity index (χ4v) is 1.26. The van der Waals surface area contributed by atoms with E-state index in [4.69, 9.17) is 9.47 Å². The number of benzene rings is 1. The van der Waals surface area contributed by atoms with E-state index < -0.39 is 0 Å². The summed E-state index contributed by atoms with van der Waals surface area (Å²) in [5, 5.41) is 0. The molecule has 0 heterocycles. The minimum atomic E-state index is 0.508. The van der Waals surface area contributed by atoms with Crippen LogP contribution in [-0.4, -0.2) is 18.3 Å². The Morgan fingerprint density at radius 2 is 2.07 bits per heavy atom. The number of hydrogen-bond donors (Lipinski definition) is 0. The molecule has 0 spiro atoms. The van der Waals surface area contributed by atoms with E-state index in [9.17, 15) is 0 Å². The van der Waals surface area contributed by atoms with Crippen LogP contribution in [0.15, 0.2) is 36.9 Å². The standard InChI is InChI=1S/C11H12O2.Cr/c1-3-8-13-9-10-4-6-11(12-2)7-5-10;/h3-7H,1,8H2,2H3;. The Kier molecular flexibility index (Phi) is 4.61. The third-order valence-corrected chi connectivity index (χ3v) is 2.21. The maximum absolute atomic E-state index is 5.35. The number of rotatable bonds is 5. The fraction of sp³-hybridized carbons (Fsp3) is 0.182. The Balaban J connectivity index is 2.66. The molecule has 2 nitrogen and oxygen atoms in total. The predicted octanol–water partition coefficient (Wildman–Crippen LogP) is 1.92. The first-order chi connectivity index (χ1) is 6.77. The van der Waals surface area contributed by atoms with Gasteiger partial charge in [0.15, 0.2) is 0 Å². The van der Waals surface area contributed by atoms with Crippen LogP contribution in [0.25, 0.3) is 0 Å². The second kappa shape index (κ2) is 5.77. The second-order valence-electron chi connectivity index (χ2n) is 2.62. The van der Waals surface area contributed by atoms with Crippen LogP contribution < -0.4 is 4.74 Å². The van der Waals surface area contributed by atoms with Crippen molar-refractivity contribution in [3.05, 3.63) is 42.5 Å². The molecule has 0 unspecified atom stereocenters. The topological polar surface area (TPSA) is 18.5 Å². The monoisotopic (exact) mass is 228 g/mol. The van der Waals surface area contributed by atoms with Crippen molar-refractivity contribution in [1.29, 1.82) is 0 Å². The summed E-state index contributed by atoms with van der Waals surface area (Å²) < 4.78 is 11.2. The third kappa shape index (κ3) is 3.12. The predicted molar refractivity (Wildman–Crippen MR) is 53.3 cm³/mol. The van der Waals surface area contributed by atoms with E-state index in [0.29, 0.717) is 6.61 Å². The van der Waals surface area contributed by atoms with Gasteiger partial charge in [-0.1, -0.05) is 0 Å². The van der Waals surface area contributed by atoms with Gasteiger partial charge in [-0.2, -0.15) is 0 Å². The molecule has 1 aromatic rings. The van der Waals surface area contributed by atoms with Gasteiger partial charge in [0.1, 0.15) is 0 Å². The zero-order valence-electron chi connectivity index (χ0n) is 8.03. The summed E-state index contributed by atoms with van der Waals surface area (Å²) in [5.41, 5.74) is 1.01. The van der Waals surface area contributed by atoms with Crippen LogP contribution in [0.4, 0.5) is 0 Å². The Morgan fingerprint density at radius 3 is 2.57 bits per heavy atom. The molecular formula is C11H12CrO2. The van der Waals surface area contributed by atoms with Gasteiger partial charge in [-0.25, -0.2) is 0 Å². The average molecular weight is 228 g/mol. The van der Waals surface area contributed by atoms with Crippen molar-refractivity contribution in [2.24, 2.45) is 0 Å². The molecule has 0 aliphatic carbocycles. The van der Waals surface area contributed by atoms with E-state index in [0.717, 1.165) is 15.9 Å². The molecule has 0 saturated carbocycles. The van der Waals surface area contributed by atoms with Gasteiger partial charge in [-0.05, 0) is 0 Å². The quantitative estimate of drug-likeness (QED) is 0.717. The normalized spacial score (nSPS) is 9.50.